The Balaban J connectivity index is 2.17. The van der Waals surface area contributed by atoms with E-state index >= 15 is 0 Å². The molecule has 0 radical (unpaired) electrons. The van der Waals surface area contributed by atoms with Crippen molar-refractivity contribution in [2.45, 2.75) is 32.7 Å². The summed E-state index contributed by atoms with van der Waals surface area (Å²) < 4.78 is 5.09. The lowest BCUT2D eigenvalue weighted by Gasteiger charge is -2.00. The highest BCUT2D eigenvalue weighted by molar-refractivity contribution is 7.09. The molecule has 2 aromatic rings. The highest BCUT2D eigenvalue weighted by Gasteiger charge is 2.18. The predicted octanol–water partition coefficient (Wildman–Crippen LogP) is 1.84. The maximum atomic E-state index is 6.00. The lowest BCUT2D eigenvalue weighted by atomic mass is 10.3. The molecule has 0 aliphatic heterocycles. The summed E-state index contributed by atoms with van der Waals surface area (Å²) in [4.78, 5) is 8.56. The number of aryl methyl sites for hydroxylation is 2. The van der Waals surface area contributed by atoms with Crippen LogP contribution >= 0.6 is 11.3 Å². The molecule has 2 heterocycles. The van der Waals surface area contributed by atoms with Gasteiger partial charge in [-0.2, -0.15) is 4.98 Å². The quantitative estimate of drug-likeness (QED) is 0.879. The molecule has 86 valence electrons. The van der Waals surface area contributed by atoms with Crippen molar-refractivity contribution in [2.75, 3.05) is 0 Å². The summed E-state index contributed by atoms with van der Waals surface area (Å²) in [6, 6.07) is -0.381. The highest BCUT2D eigenvalue weighted by atomic mass is 32.1. The number of hydrogen-bond acceptors (Lipinski definition) is 6. The van der Waals surface area contributed by atoms with E-state index < -0.39 is 0 Å². The topological polar surface area (TPSA) is 77.8 Å². The maximum Gasteiger partial charge on any atom is 0.226 e. The van der Waals surface area contributed by atoms with Gasteiger partial charge in [0.25, 0.3) is 0 Å². The van der Waals surface area contributed by atoms with Gasteiger partial charge in [0.15, 0.2) is 5.82 Å². The number of aromatic nitrogens is 3. The molecule has 2 N–H and O–H groups in total. The summed E-state index contributed by atoms with van der Waals surface area (Å²) in [6.45, 7) is 4.00. The molecular formula is C10H14N4OS. The van der Waals surface area contributed by atoms with E-state index in [1.807, 2.05) is 12.3 Å². The minimum absolute atomic E-state index is 0.381. The molecular weight excluding hydrogens is 224 g/mol. The fourth-order valence-corrected chi connectivity index (χ4v) is 2.13. The van der Waals surface area contributed by atoms with Gasteiger partial charge in [-0.25, -0.2) is 4.98 Å². The van der Waals surface area contributed by atoms with Crippen LogP contribution in [0.5, 0.6) is 0 Å². The number of rotatable bonds is 4. The Morgan fingerprint density at radius 3 is 2.94 bits per heavy atom. The predicted molar refractivity (Wildman–Crippen MR) is 61.2 cm³/mol. The molecule has 6 heteroatoms. The smallest absolute Gasteiger partial charge is 0.226 e. The molecule has 0 fully saturated rings. The Hall–Kier alpha value is -1.27. The van der Waals surface area contributed by atoms with E-state index in [0.29, 0.717) is 11.7 Å². The van der Waals surface area contributed by atoms with Gasteiger partial charge in [0.05, 0.1) is 0 Å². The summed E-state index contributed by atoms with van der Waals surface area (Å²) in [5, 5.41) is 6.66. The lowest BCUT2D eigenvalue weighted by Crippen LogP contribution is -2.13. The highest BCUT2D eigenvalue weighted by Crippen LogP contribution is 2.20. The Bertz CT molecular complexity index is 465. The molecule has 0 bridgehead atoms. The molecule has 2 rings (SSSR count). The zero-order valence-electron chi connectivity index (χ0n) is 9.30. The third-order valence-electron chi connectivity index (χ3n) is 2.13. The molecule has 0 saturated heterocycles. The van der Waals surface area contributed by atoms with E-state index in [4.69, 9.17) is 10.3 Å². The molecule has 0 aliphatic rings. The minimum Gasteiger partial charge on any atom is -0.339 e. The summed E-state index contributed by atoms with van der Waals surface area (Å²) in [5.74, 6) is 1.15. The van der Waals surface area contributed by atoms with Crippen molar-refractivity contribution in [3.8, 4) is 0 Å². The molecule has 0 saturated carbocycles. The zero-order valence-corrected chi connectivity index (χ0v) is 10.1. The molecule has 2 aromatic heterocycles. The fraction of sp³-hybridized carbons (Fsp3) is 0.500. The van der Waals surface area contributed by atoms with Crippen molar-refractivity contribution < 1.29 is 4.52 Å². The molecule has 0 amide bonds. The molecule has 5 nitrogen and oxygen atoms in total. The molecule has 1 unspecified atom stereocenters. The van der Waals surface area contributed by atoms with Crippen LogP contribution in [-0.4, -0.2) is 15.1 Å². The molecule has 0 spiro atoms. The van der Waals surface area contributed by atoms with Gasteiger partial charge < -0.3 is 10.3 Å². The van der Waals surface area contributed by atoms with Gasteiger partial charge >= 0.3 is 0 Å². The lowest BCUT2D eigenvalue weighted by molar-refractivity contribution is 0.370. The second-order valence-electron chi connectivity index (χ2n) is 3.60. The van der Waals surface area contributed by atoms with Gasteiger partial charge in [-0.1, -0.05) is 12.1 Å². The monoisotopic (exact) mass is 238 g/mol. The molecule has 0 aromatic carbocycles. The normalized spacial score (nSPS) is 12.9. The van der Waals surface area contributed by atoms with Gasteiger partial charge in [0.2, 0.25) is 5.89 Å². The van der Waals surface area contributed by atoms with Crippen LogP contribution in [0.2, 0.25) is 0 Å². The van der Waals surface area contributed by atoms with E-state index in [1.54, 1.807) is 0 Å². The first kappa shape index (κ1) is 11.2. The third kappa shape index (κ3) is 2.28. The van der Waals surface area contributed by atoms with Crippen molar-refractivity contribution in [1.82, 2.24) is 15.1 Å². The van der Waals surface area contributed by atoms with Gasteiger partial charge in [-0.05, 0) is 13.3 Å². The summed E-state index contributed by atoms with van der Waals surface area (Å²) in [5.41, 5.74) is 6.97. The number of nitrogens with zero attached hydrogens (tertiary/aromatic N) is 3. The second kappa shape index (κ2) is 4.71. The van der Waals surface area contributed by atoms with Crippen LogP contribution in [-0.2, 0) is 6.42 Å². The van der Waals surface area contributed by atoms with E-state index in [-0.39, 0.29) is 6.04 Å². The molecule has 0 aliphatic carbocycles. The summed E-state index contributed by atoms with van der Waals surface area (Å²) in [7, 11) is 0. The average Bonchev–Trinajstić information content (AvgIpc) is 2.87. The summed E-state index contributed by atoms with van der Waals surface area (Å²) in [6.07, 6.45) is 1.77. The van der Waals surface area contributed by atoms with Crippen LogP contribution in [0.15, 0.2) is 9.90 Å². The number of thiazole rings is 1. The standard InChI is InChI=1S/C10H14N4OS/c1-3-4-7-13-9(14-15-7)8(11)10-12-6(2)5-16-10/h5,8H,3-4,11H2,1-2H3. The van der Waals surface area contributed by atoms with Crippen LogP contribution in [0.25, 0.3) is 0 Å². The van der Waals surface area contributed by atoms with Gasteiger partial charge in [0.1, 0.15) is 11.0 Å². The number of nitrogens with two attached hydrogens (primary N) is 1. The van der Waals surface area contributed by atoms with Crippen molar-refractivity contribution in [3.05, 3.63) is 27.8 Å². The van der Waals surface area contributed by atoms with E-state index in [2.05, 4.69) is 22.0 Å². The van der Waals surface area contributed by atoms with Crippen LogP contribution in [0.4, 0.5) is 0 Å². The van der Waals surface area contributed by atoms with Crippen LogP contribution in [0.1, 0.15) is 41.8 Å². The number of hydrogen-bond donors (Lipinski definition) is 1. The molecule has 1 atom stereocenters. The SMILES string of the molecule is CCCc1nc(C(N)c2nc(C)cs2)no1. The maximum absolute atomic E-state index is 6.00. The Morgan fingerprint density at radius 1 is 1.50 bits per heavy atom. The van der Waals surface area contributed by atoms with Crippen LogP contribution in [0, 0.1) is 6.92 Å². The zero-order chi connectivity index (χ0) is 11.5. The Kier molecular flexibility index (Phi) is 3.31. The van der Waals surface area contributed by atoms with Crippen molar-refractivity contribution in [2.24, 2.45) is 5.73 Å². The first-order valence-electron chi connectivity index (χ1n) is 5.20. The van der Waals surface area contributed by atoms with E-state index in [9.17, 15) is 0 Å². The Morgan fingerprint density at radius 2 is 2.31 bits per heavy atom. The van der Waals surface area contributed by atoms with Gasteiger partial charge in [-0.3, -0.25) is 0 Å². The van der Waals surface area contributed by atoms with Gasteiger partial charge in [-0.15, -0.1) is 11.3 Å². The van der Waals surface area contributed by atoms with Gasteiger partial charge in [0, 0.05) is 17.5 Å². The minimum atomic E-state index is -0.381. The van der Waals surface area contributed by atoms with Crippen LogP contribution < -0.4 is 5.73 Å². The first-order valence-corrected chi connectivity index (χ1v) is 6.08. The van der Waals surface area contributed by atoms with Crippen molar-refractivity contribution >= 4 is 11.3 Å². The van der Waals surface area contributed by atoms with E-state index in [0.717, 1.165) is 23.5 Å². The molecule has 16 heavy (non-hydrogen) atoms. The second-order valence-corrected chi connectivity index (χ2v) is 4.49. The fourth-order valence-electron chi connectivity index (χ4n) is 1.34. The third-order valence-corrected chi connectivity index (χ3v) is 3.17. The van der Waals surface area contributed by atoms with Crippen molar-refractivity contribution in [1.29, 1.82) is 0 Å². The average molecular weight is 238 g/mol. The largest absolute Gasteiger partial charge is 0.339 e. The summed E-state index contributed by atoms with van der Waals surface area (Å²) >= 11 is 1.52. The Labute approximate surface area is 97.7 Å². The van der Waals surface area contributed by atoms with Crippen LogP contribution in [0.3, 0.4) is 0 Å². The van der Waals surface area contributed by atoms with Crippen molar-refractivity contribution in [3.63, 3.8) is 0 Å². The first-order chi connectivity index (χ1) is 7.70. The van der Waals surface area contributed by atoms with E-state index in [1.165, 1.54) is 11.3 Å².